The molecule has 0 fully saturated rings. The Morgan fingerprint density at radius 3 is 2.71 bits per heavy atom. The maximum Gasteiger partial charge on any atom is 0.310 e. The van der Waals surface area contributed by atoms with Crippen molar-refractivity contribution in [1.82, 2.24) is 19.7 Å². The lowest BCUT2D eigenvalue weighted by atomic mass is 9.95. The number of nitrogens with zero attached hydrogens (tertiary/aromatic N) is 4. The predicted octanol–water partition coefficient (Wildman–Crippen LogP) is 4.22. The largest absolute Gasteiger partial charge is 0.466 e. The van der Waals surface area contributed by atoms with Gasteiger partial charge >= 0.3 is 5.97 Å². The van der Waals surface area contributed by atoms with Crippen molar-refractivity contribution in [3.63, 3.8) is 0 Å². The van der Waals surface area contributed by atoms with Crippen LogP contribution >= 0.6 is 11.3 Å². The van der Waals surface area contributed by atoms with Crippen LogP contribution < -0.4 is 5.32 Å². The van der Waals surface area contributed by atoms with E-state index in [-0.39, 0.29) is 18.3 Å². The molecule has 0 radical (unpaired) electrons. The van der Waals surface area contributed by atoms with Crippen LogP contribution in [0.5, 0.6) is 0 Å². The van der Waals surface area contributed by atoms with Crippen molar-refractivity contribution in [3.05, 3.63) is 65.6 Å². The molecule has 1 amide bonds. The quantitative estimate of drug-likeness (QED) is 0.421. The molecule has 0 bridgehead atoms. The second-order valence-corrected chi connectivity index (χ2v) is 8.95. The third-order valence-corrected chi connectivity index (χ3v) is 6.58. The number of carbonyl (C=O) groups excluding carboxylic acids is 2. The average molecular weight is 474 g/mol. The first-order valence-corrected chi connectivity index (χ1v) is 11.9. The van der Waals surface area contributed by atoms with Crippen molar-refractivity contribution in [1.29, 1.82) is 0 Å². The van der Waals surface area contributed by atoms with Gasteiger partial charge in [0.2, 0.25) is 5.91 Å². The number of amides is 1. The highest BCUT2D eigenvalue weighted by atomic mass is 32.1. The number of hydrogen-bond donors (Lipinski definition) is 1. The Balaban J connectivity index is 1.60. The van der Waals surface area contributed by atoms with E-state index >= 15 is 0 Å². The monoisotopic (exact) mass is 473 g/mol. The van der Waals surface area contributed by atoms with Gasteiger partial charge in [-0.1, -0.05) is 23.5 Å². The minimum Gasteiger partial charge on any atom is -0.466 e. The number of thiazole rings is 1. The summed E-state index contributed by atoms with van der Waals surface area (Å²) in [6.45, 7) is 3.65. The first-order chi connectivity index (χ1) is 16.5. The number of pyridine rings is 1. The number of aryl methyl sites for hydroxylation is 1. The van der Waals surface area contributed by atoms with Crippen LogP contribution in [0.1, 0.15) is 30.7 Å². The van der Waals surface area contributed by atoms with Gasteiger partial charge in [0.15, 0.2) is 5.13 Å². The number of fused-ring (bicyclic) bond motifs is 3. The summed E-state index contributed by atoms with van der Waals surface area (Å²) in [6.07, 6.45) is 5.36. The van der Waals surface area contributed by atoms with E-state index in [0.717, 1.165) is 57.2 Å². The molecule has 0 saturated carbocycles. The van der Waals surface area contributed by atoms with Crippen LogP contribution in [0.3, 0.4) is 0 Å². The molecule has 0 saturated heterocycles. The Morgan fingerprint density at radius 1 is 1.18 bits per heavy atom. The Bertz CT molecular complexity index is 1360. The van der Waals surface area contributed by atoms with Crippen molar-refractivity contribution in [2.75, 3.05) is 11.9 Å². The van der Waals surface area contributed by atoms with E-state index in [1.807, 2.05) is 47.3 Å². The van der Waals surface area contributed by atoms with Gasteiger partial charge in [0.1, 0.15) is 0 Å². The van der Waals surface area contributed by atoms with E-state index in [1.165, 1.54) is 18.3 Å². The average Bonchev–Trinajstić information content (AvgIpc) is 3.41. The molecule has 8 nitrogen and oxygen atoms in total. The smallest absolute Gasteiger partial charge is 0.310 e. The Labute approximate surface area is 200 Å². The number of ether oxygens (including phenoxy) is 1. The fourth-order valence-electron chi connectivity index (χ4n) is 4.13. The molecule has 3 aromatic heterocycles. The molecule has 172 valence electrons. The van der Waals surface area contributed by atoms with E-state index in [9.17, 15) is 9.59 Å². The second kappa shape index (κ2) is 9.18. The van der Waals surface area contributed by atoms with Crippen LogP contribution in [0.2, 0.25) is 0 Å². The standard InChI is InChI=1S/C25H23N5O3S/c1-3-33-21(32)13-16-6-8-18(9-7-16)30-23-19(22(29-30)17-5-4-12-26-14-17)10-11-20-24(23)34-25(28-20)27-15(2)31/h4-9,12,14H,3,10-11,13H2,1-2H3,(H,27,28,31). The Hall–Kier alpha value is -3.85. The van der Waals surface area contributed by atoms with Crippen LogP contribution in [0.15, 0.2) is 48.8 Å². The summed E-state index contributed by atoms with van der Waals surface area (Å²) >= 11 is 1.46. The van der Waals surface area contributed by atoms with E-state index in [0.29, 0.717) is 11.7 Å². The molecule has 0 atom stereocenters. The van der Waals surface area contributed by atoms with Crippen molar-refractivity contribution in [2.24, 2.45) is 0 Å². The predicted molar refractivity (Wildman–Crippen MR) is 130 cm³/mol. The molecule has 3 heterocycles. The number of anilines is 1. The number of hydrogen-bond acceptors (Lipinski definition) is 7. The lowest BCUT2D eigenvalue weighted by Crippen LogP contribution is -2.08. The molecule has 9 heteroatoms. The van der Waals surface area contributed by atoms with Crippen molar-refractivity contribution in [3.8, 4) is 27.5 Å². The molecule has 0 aliphatic heterocycles. The van der Waals surface area contributed by atoms with Gasteiger partial charge in [0, 0.05) is 30.4 Å². The molecule has 5 rings (SSSR count). The lowest BCUT2D eigenvalue weighted by Gasteiger charge is -2.14. The Morgan fingerprint density at radius 2 is 2.00 bits per heavy atom. The van der Waals surface area contributed by atoms with Gasteiger partial charge in [-0.3, -0.25) is 14.6 Å². The molecular weight excluding hydrogens is 450 g/mol. The molecule has 0 unspecified atom stereocenters. The van der Waals surface area contributed by atoms with Crippen LogP contribution in [-0.2, 0) is 33.6 Å². The number of carbonyl (C=O) groups is 2. The number of nitrogens with one attached hydrogen (secondary N) is 1. The number of aromatic nitrogens is 4. The summed E-state index contributed by atoms with van der Waals surface area (Å²) in [5, 5.41) is 8.40. The number of rotatable bonds is 6. The third-order valence-electron chi connectivity index (χ3n) is 5.56. The minimum atomic E-state index is -0.245. The first kappa shape index (κ1) is 22.0. The highest BCUT2D eigenvalue weighted by molar-refractivity contribution is 7.19. The zero-order valence-electron chi connectivity index (χ0n) is 18.9. The summed E-state index contributed by atoms with van der Waals surface area (Å²) in [5.41, 5.74) is 6.66. The number of benzene rings is 1. The van der Waals surface area contributed by atoms with Gasteiger partial charge in [-0.25, -0.2) is 9.67 Å². The van der Waals surface area contributed by atoms with E-state index in [2.05, 4.69) is 15.3 Å². The van der Waals surface area contributed by atoms with Gasteiger partial charge in [-0.15, -0.1) is 0 Å². The molecule has 1 aliphatic rings. The first-order valence-electron chi connectivity index (χ1n) is 11.1. The summed E-state index contributed by atoms with van der Waals surface area (Å²) in [4.78, 5) is 33.4. The molecule has 0 spiro atoms. The molecule has 1 aliphatic carbocycles. The lowest BCUT2D eigenvalue weighted by molar-refractivity contribution is -0.142. The van der Waals surface area contributed by atoms with Gasteiger partial charge in [-0.2, -0.15) is 5.10 Å². The molecule has 1 aromatic carbocycles. The fraction of sp³-hybridized carbons (Fsp3) is 0.240. The molecule has 34 heavy (non-hydrogen) atoms. The highest BCUT2D eigenvalue weighted by Gasteiger charge is 2.30. The van der Waals surface area contributed by atoms with Crippen LogP contribution in [0.4, 0.5) is 5.13 Å². The van der Waals surface area contributed by atoms with Gasteiger partial charge in [0.25, 0.3) is 0 Å². The van der Waals surface area contributed by atoms with Gasteiger partial charge in [-0.05, 0) is 49.6 Å². The zero-order chi connectivity index (χ0) is 23.7. The highest BCUT2D eigenvalue weighted by Crippen LogP contribution is 2.44. The van der Waals surface area contributed by atoms with Gasteiger partial charge < -0.3 is 10.1 Å². The third kappa shape index (κ3) is 4.22. The van der Waals surface area contributed by atoms with Crippen molar-refractivity contribution in [2.45, 2.75) is 33.1 Å². The summed E-state index contributed by atoms with van der Waals surface area (Å²) < 4.78 is 6.99. The maximum atomic E-state index is 11.9. The summed E-state index contributed by atoms with van der Waals surface area (Å²) in [7, 11) is 0. The SMILES string of the molecule is CCOC(=O)Cc1ccc(-n2nc(-c3cccnc3)c3c2-c2sc(NC(C)=O)nc2CC3)cc1. The van der Waals surface area contributed by atoms with Crippen LogP contribution in [0, 0.1) is 0 Å². The minimum absolute atomic E-state index is 0.145. The molecule has 4 aromatic rings. The second-order valence-electron chi connectivity index (χ2n) is 7.95. The van der Waals surface area contributed by atoms with Crippen molar-refractivity contribution >= 4 is 28.3 Å². The normalized spacial score (nSPS) is 12.1. The van der Waals surface area contributed by atoms with Crippen LogP contribution in [0.25, 0.3) is 27.5 Å². The Kier molecular flexibility index (Phi) is 5.93. The zero-order valence-corrected chi connectivity index (χ0v) is 19.7. The number of esters is 1. The van der Waals surface area contributed by atoms with E-state index < -0.39 is 0 Å². The van der Waals surface area contributed by atoms with Crippen molar-refractivity contribution < 1.29 is 14.3 Å². The van der Waals surface area contributed by atoms with E-state index in [1.54, 1.807) is 13.1 Å². The van der Waals surface area contributed by atoms with E-state index in [4.69, 9.17) is 9.84 Å². The summed E-state index contributed by atoms with van der Waals surface area (Å²) in [5.74, 6) is -0.390. The van der Waals surface area contributed by atoms with Gasteiger partial charge in [0.05, 0.1) is 40.7 Å². The fourth-order valence-corrected chi connectivity index (χ4v) is 5.25. The summed E-state index contributed by atoms with van der Waals surface area (Å²) in [6, 6.07) is 11.7. The van der Waals surface area contributed by atoms with Crippen LogP contribution in [-0.4, -0.2) is 38.2 Å². The topological polar surface area (TPSA) is 99.0 Å². The molecule has 1 N–H and O–H groups in total. The maximum absolute atomic E-state index is 11.9. The molecular formula is C25H23N5O3S.